The number of rotatable bonds is 33. The fourth-order valence-electron chi connectivity index (χ4n) is 16.4. The van der Waals surface area contributed by atoms with Gasteiger partial charge in [0.25, 0.3) is 11.8 Å². The van der Waals surface area contributed by atoms with Crippen molar-refractivity contribution in [2.45, 2.75) is 143 Å². The molecule has 12 rings (SSSR count). The molecule has 0 saturated heterocycles. The fourth-order valence-corrected chi connectivity index (χ4v) is 17.3. The number of benzene rings is 2. The van der Waals surface area contributed by atoms with E-state index in [9.17, 15) is 53.7 Å². The zero-order valence-electron chi connectivity index (χ0n) is 58.4. The molecule has 29 nitrogen and oxygen atoms in total. The molecule has 4 fully saturated rings. The van der Waals surface area contributed by atoms with Crippen LogP contribution in [0.5, 0.6) is 0 Å². The summed E-state index contributed by atoms with van der Waals surface area (Å²) in [4.78, 5) is 117. The summed E-state index contributed by atoms with van der Waals surface area (Å²) in [7, 11) is 0. The maximum absolute atomic E-state index is 14.1. The molecule has 4 aromatic heterocycles. The molecule has 544 valence electrons. The largest absolute Gasteiger partial charge is 0.476 e. The third-order valence-corrected chi connectivity index (χ3v) is 21.1. The first kappa shape index (κ1) is 73.7. The SMILES string of the molecule is Cc1c(Nc2nc3ccccc3s2)nnc2c1CCCN2c1ccc(-c2cnn(CC34CC5(C)CC(C)(C3)CC(OCCN(CC(CO)CO)C(=O)OCc3ccc(NC(=O)[C@H](CCCNC(N)=O)NC(=O)[C@@H](NC(=O)CCOCCN6C(=O)C=CC6=O)C(C)C)cc3)(C5)C4)c2C)c(C(=O)O)n1. The number of hydrogen-bond donors (Lipinski definition) is 9. The number of ether oxygens (including phenoxy) is 3. The molecule has 0 spiro atoms. The second-order valence-corrected chi connectivity index (χ2v) is 30.0. The topological polar surface area (TPSA) is 390 Å². The van der Waals surface area contributed by atoms with Crippen molar-refractivity contribution in [3.05, 3.63) is 107 Å². The molecule has 2 aliphatic heterocycles. The Labute approximate surface area is 594 Å². The normalized spacial score (nSPS) is 21.0. The van der Waals surface area contributed by atoms with E-state index in [0.717, 1.165) is 83.3 Å². The Hall–Kier alpha value is -9.49. The molecule has 0 radical (unpaired) electrons. The summed E-state index contributed by atoms with van der Waals surface area (Å²) in [6.45, 7) is 12.7. The van der Waals surface area contributed by atoms with Gasteiger partial charge in [-0.25, -0.2) is 24.4 Å². The van der Waals surface area contributed by atoms with Gasteiger partial charge in [0.1, 0.15) is 24.5 Å². The Morgan fingerprint density at radius 1 is 0.833 bits per heavy atom. The van der Waals surface area contributed by atoms with E-state index in [4.69, 9.17) is 35.0 Å². The maximum atomic E-state index is 14.1. The molecular formula is C72H91N15O14S. The highest BCUT2D eigenvalue weighted by Gasteiger charge is 2.66. The minimum atomic E-state index is -1.17. The summed E-state index contributed by atoms with van der Waals surface area (Å²) in [6.07, 6.45) is 10.4. The number of fused-ring (bicyclic) bond motifs is 2. The molecule has 6 aromatic rings. The molecule has 102 heavy (non-hydrogen) atoms. The summed E-state index contributed by atoms with van der Waals surface area (Å²) in [6, 6.07) is 15.2. The van der Waals surface area contributed by atoms with Crippen LogP contribution >= 0.6 is 11.3 Å². The number of thiazole rings is 1. The number of carbonyl (C=O) groups is 8. The van der Waals surface area contributed by atoms with E-state index in [1.807, 2.05) is 59.8 Å². The molecule has 8 amide bonds. The van der Waals surface area contributed by atoms with E-state index >= 15 is 0 Å². The van der Waals surface area contributed by atoms with Gasteiger partial charge in [-0.2, -0.15) is 5.10 Å². The summed E-state index contributed by atoms with van der Waals surface area (Å²) in [5.41, 5.74) is 9.97. The van der Waals surface area contributed by atoms with Crippen molar-refractivity contribution in [1.82, 2.24) is 55.7 Å². The number of urea groups is 1. The van der Waals surface area contributed by atoms with Gasteiger partial charge >= 0.3 is 18.1 Å². The minimum absolute atomic E-state index is 0.00965. The van der Waals surface area contributed by atoms with Crippen LogP contribution in [0.2, 0.25) is 0 Å². The zero-order valence-corrected chi connectivity index (χ0v) is 59.2. The van der Waals surface area contributed by atoms with E-state index in [1.165, 1.54) is 28.4 Å². The van der Waals surface area contributed by atoms with Crippen molar-refractivity contribution < 1.29 is 67.9 Å². The molecule has 4 saturated carbocycles. The van der Waals surface area contributed by atoms with Crippen LogP contribution in [0.1, 0.15) is 125 Å². The summed E-state index contributed by atoms with van der Waals surface area (Å²) in [5.74, 6) is -3.14. The Balaban J connectivity index is 0.702. The number of aromatic nitrogens is 6. The first-order chi connectivity index (χ1) is 48.8. The van der Waals surface area contributed by atoms with Gasteiger partial charge in [0.2, 0.25) is 17.7 Å². The number of anilines is 5. The summed E-state index contributed by atoms with van der Waals surface area (Å²) < 4.78 is 21.5. The number of amides is 8. The third-order valence-electron chi connectivity index (χ3n) is 20.1. The summed E-state index contributed by atoms with van der Waals surface area (Å²) in [5, 5.41) is 60.2. The van der Waals surface area contributed by atoms with Gasteiger partial charge in [-0.15, -0.1) is 10.2 Å². The van der Waals surface area contributed by atoms with Crippen LogP contribution in [0, 0.1) is 41.9 Å². The van der Waals surface area contributed by atoms with Gasteiger partial charge in [-0.3, -0.25) is 33.6 Å². The van der Waals surface area contributed by atoms with Crippen LogP contribution in [0.3, 0.4) is 0 Å². The summed E-state index contributed by atoms with van der Waals surface area (Å²) >= 11 is 1.54. The maximum Gasteiger partial charge on any atom is 0.410 e. The standard InChI is InChI=1S/C72H91N15O14S/c1-43(2)59(80-56(90)23-28-99-29-27-86-57(91)21-22-58(86)92)64(94)77-53(13-9-24-74-66(73)97)63(93)76-48-17-15-46(16-18-48)35-100-68(98)84(32-47(33-88)34-89)26-30-101-72-39-69(5)36-70(6,40-72)38-71(37-69,41-72)42-87-45(4)51(31-75-87)50-19-20-55(79-60(50)65(95)96)85-25-10-11-49-44(3)61(82-83-62(49)85)81-67-78-52-12-7-8-14-54(52)102-67/h7-8,12,14-22,31,43,47,53,59,88-89H,9-11,13,23-30,32-42H2,1-6H3,(H,76,93)(H,77,94)(H,80,90)(H,95,96)(H3,73,74,97)(H,78,81,82)/t53-,59-,69?,70?,71?,72?/m0/s1. The average Bonchev–Trinajstić information content (AvgIpc) is 0.791. The number of pyridine rings is 1. The van der Waals surface area contributed by atoms with Crippen LogP contribution < -0.4 is 37.2 Å². The lowest BCUT2D eigenvalue weighted by Gasteiger charge is -2.69. The smallest absolute Gasteiger partial charge is 0.410 e. The molecule has 4 atom stereocenters. The molecule has 2 unspecified atom stereocenters. The first-order valence-corrected chi connectivity index (χ1v) is 35.5. The molecule has 2 aromatic carbocycles. The molecule has 4 bridgehead atoms. The van der Waals surface area contributed by atoms with E-state index < -0.39 is 77.2 Å². The average molecular weight is 1420 g/mol. The number of imide groups is 1. The number of para-hydroxylation sites is 1. The second kappa shape index (κ2) is 31.4. The third kappa shape index (κ3) is 17.2. The van der Waals surface area contributed by atoms with E-state index in [1.54, 1.807) is 44.3 Å². The molecule has 10 N–H and O–H groups in total. The van der Waals surface area contributed by atoms with Crippen LogP contribution in [0.25, 0.3) is 21.3 Å². The van der Waals surface area contributed by atoms with E-state index in [-0.39, 0.29) is 107 Å². The number of aliphatic hydroxyl groups is 2. The number of nitrogens with zero attached hydrogens (tertiary/aromatic N) is 9. The fraction of sp³-hybridized carbons (Fsp3) is 0.514. The van der Waals surface area contributed by atoms with Gasteiger partial charge in [0.15, 0.2) is 22.5 Å². The van der Waals surface area contributed by atoms with Crippen LogP contribution in [0.4, 0.5) is 37.9 Å². The number of aromatic carboxylic acids is 1. The van der Waals surface area contributed by atoms with Gasteiger partial charge in [-0.1, -0.05) is 63.3 Å². The number of primary amides is 1. The number of carbonyl (C=O) groups excluding carboxylic acids is 7. The van der Waals surface area contributed by atoms with Crippen LogP contribution in [-0.4, -0.2) is 186 Å². The Kier molecular flexibility index (Phi) is 22.7. The van der Waals surface area contributed by atoms with Crippen molar-refractivity contribution in [3.63, 3.8) is 0 Å². The molecule has 6 aliphatic rings. The Bertz CT molecular complexity index is 4090. The predicted octanol–water partition coefficient (Wildman–Crippen LogP) is 7.21. The van der Waals surface area contributed by atoms with Crippen molar-refractivity contribution in [3.8, 4) is 11.1 Å². The first-order valence-electron chi connectivity index (χ1n) is 34.7. The van der Waals surface area contributed by atoms with Crippen LogP contribution in [0.15, 0.2) is 79.0 Å². The number of aliphatic hydroxyl groups excluding tert-OH is 2. The molecule has 30 heteroatoms. The van der Waals surface area contributed by atoms with Crippen molar-refractivity contribution >= 4 is 97.5 Å². The highest BCUT2D eigenvalue weighted by atomic mass is 32.1. The Morgan fingerprint density at radius 2 is 1.57 bits per heavy atom. The lowest BCUT2D eigenvalue weighted by atomic mass is 9.39. The lowest BCUT2D eigenvalue weighted by Crippen LogP contribution is -2.64. The zero-order chi connectivity index (χ0) is 72.7. The highest BCUT2D eigenvalue weighted by molar-refractivity contribution is 7.22. The Morgan fingerprint density at radius 3 is 2.26 bits per heavy atom. The van der Waals surface area contributed by atoms with Gasteiger partial charge in [0.05, 0.1) is 48.4 Å². The number of carboxylic acids is 1. The minimum Gasteiger partial charge on any atom is -0.476 e. The number of carboxylic acid groups (broad SMARTS) is 1. The number of hydrogen-bond acceptors (Lipinski definition) is 21. The molecule has 4 aliphatic carbocycles. The van der Waals surface area contributed by atoms with E-state index in [0.29, 0.717) is 58.1 Å². The van der Waals surface area contributed by atoms with Gasteiger partial charge < -0.3 is 71.6 Å². The van der Waals surface area contributed by atoms with Crippen molar-refractivity contribution in [2.24, 2.45) is 33.8 Å². The quantitative estimate of drug-likeness (QED) is 0.0145. The molecule has 6 heterocycles. The highest BCUT2D eigenvalue weighted by Crippen LogP contribution is 2.72. The monoisotopic (exact) mass is 1420 g/mol. The lowest BCUT2D eigenvalue weighted by molar-refractivity contribution is -0.248. The van der Waals surface area contributed by atoms with Gasteiger partial charge in [-0.05, 0) is 142 Å². The second-order valence-electron chi connectivity index (χ2n) is 29.0. The predicted molar refractivity (Wildman–Crippen MR) is 378 cm³/mol. The molecular weight excluding hydrogens is 1330 g/mol. The van der Waals surface area contributed by atoms with Crippen LogP contribution in [-0.2, 0) is 57.8 Å². The van der Waals surface area contributed by atoms with Crippen molar-refractivity contribution in [2.75, 3.05) is 81.3 Å². The van der Waals surface area contributed by atoms with Gasteiger partial charge in [0, 0.05) is 104 Å². The number of nitrogens with two attached hydrogens (primary N) is 1. The van der Waals surface area contributed by atoms with Crippen molar-refractivity contribution in [1.29, 1.82) is 0 Å². The van der Waals surface area contributed by atoms with E-state index in [2.05, 4.69) is 50.6 Å². The number of nitrogens with one attached hydrogen (secondary N) is 5.